The zero-order chi connectivity index (χ0) is 15.2. The number of ether oxygens (including phenoxy) is 1. The summed E-state index contributed by atoms with van der Waals surface area (Å²) in [6.45, 7) is 2.96. The fourth-order valence-electron chi connectivity index (χ4n) is 1.37. The van der Waals surface area contributed by atoms with E-state index in [1.165, 1.54) is 12.1 Å². The summed E-state index contributed by atoms with van der Waals surface area (Å²) >= 11 is 0. The molecule has 0 aromatic heterocycles. The number of nitrogens with two attached hydrogens (primary N) is 1. The van der Waals surface area contributed by atoms with Crippen LogP contribution in [0.5, 0.6) is 5.75 Å². The molecule has 0 saturated heterocycles. The average Bonchev–Trinajstić information content (AvgIpc) is 2.43. The van der Waals surface area contributed by atoms with Gasteiger partial charge in [-0.25, -0.2) is 8.78 Å². The Morgan fingerprint density at radius 3 is 2.67 bits per heavy atom. The van der Waals surface area contributed by atoms with Crippen LogP contribution in [0, 0.1) is 5.92 Å². The molecule has 0 fully saturated rings. The standard InChI is InChI=1S/C14H20F2N2O2.ClH/c1-10(2)7-20-12-5-3-4-11(6-12)13(19)18-9-14(15,16)8-17;/h3-6,10H,7-9,17H2,1-2H3,(H,18,19);1H. The van der Waals surface area contributed by atoms with Crippen molar-refractivity contribution >= 4 is 18.3 Å². The lowest BCUT2D eigenvalue weighted by molar-refractivity contribution is 0.0118. The smallest absolute Gasteiger partial charge is 0.277 e. The first-order valence-electron chi connectivity index (χ1n) is 6.43. The van der Waals surface area contributed by atoms with Crippen LogP contribution in [0.25, 0.3) is 0 Å². The highest BCUT2D eigenvalue weighted by Gasteiger charge is 2.27. The summed E-state index contributed by atoms with van der Waals surface area (Å²) in [6.07, 6.45) is 0. The molecule has 1 aromatic rings. The van der Waals surface area contributed by atoms with E-state index < -0.39 is 24.9 Å². The molecule has 7 heteroatoms. The molecule has 4 nitrogen and oxygen atoms in total. The van der Waals surface area contributed by atoms with Crippen molar-refractivity contribution in [3.63, 3.8) is 0 Å². The molecule has 0 aliphatic heterocycles. The number of rotatable bonds is 7. The number of hydrogen-bond donors (Lipinski definition) is 2. The minimum atomic E-state index is -3.10. The van der Waals surface area contributed by atoms with Gasteiger partial charge in [-0.2, -0.15) is 0 Å². The Kier molecular flexibility index (Phi) is 8.21. The van der Waals surface area contributed by atoms with Gasteiger partial charge in [-0.1, -0.05) is 19.9 Å². The number of halogens is 3. The summed E-state index contributed by atoms with van der Waals surface area (Å²) in [6, 6.07) is 6.43. The van der Waals surface area contributed by atoms with Gasteiger partial charge in [0.15, 0.2) is 0 Å². The van der Waals surface area contributed by atoms with Gasteiger partial charge < -0.3 is 15.8 Å². The van der Waals surface area contributed by atoms with Gasteiger partial charge >= 0.3 is 0 Å². The maximum Gasteiger partial charge on any atom is 0.277 e. The summed E-state index contributed by atoms with van der Waals surface area (Å²) < 4.78 is 31.4. The lowest BCUT2D eigenvalue weighted by atomic mass is 10.2. The Labute approximate surface area is 129 Å². The van der Waals surface area contributed by atoms with Gasteiger partial charge in [-0.05, 0) is 24.1 Å². The zero-order valence-electron chi connectivity index (χ0n) is 12.1. The molecule has 0 aliphatic carbocycles. The lowest BCUT2D eigenvalue weighted by Gasteiger charge is -2.15. The minimum absolute atomic E-state index is 0. The van der Waals surface area contributed by atoms with Crippen LogP contribution in [0.3, 0.4) is 0 Å². The molecule has 1 aromatic carbocycles. The van der Waals surface area contributed by atoms with E-state index in [0.717, 1.165) is 0 Å². The van der Waals surface area contributed by atoms with Crippen LogP contribution in [-0.4, -0.2) is 31.5 Å². The molecule has 1 amide bonds. The molecule has 0 bridgehead atoms. The first kappa shape index (κ1) is 19.6. The molecular formula is C14H21ClF2N2O2. The fourth-order valence-corrected chi connectivity index (χ4v) is 1.37. The Hall–Kier alpha value is -1.40. The summed E-state index contributed by atoms with van der Waals surface area (Å²) in [5.41, 5.74) is 5.18. The quantitative estimate of drug-likeness (QED) is 0.810. The van der Waals surface area contributed by atoms with E-state index in [1.54, 1.807) is 12.1 Å². The van der Waals surface area contributed by atoms with E-state index >= 15 is 0 Å². The molecule has 120 valence electrons. The first-order chi connectivity index (χ1) is 9.34. The molecule has 1 rings (SSSR count). The second kappa shape index (κ2) is 8.79. The van der Waals surface area contributed by atoms with E-state index in [9.17, 15) is 13.6 Å². The van der Waals surface area contributed by atoms with Gasteiger partial charge in [0.1, 0.15) is 5.75 Å². The highest BCUT2D eigenvalue weighted by molar-refractivity contribution is 5.94. The van der Waals surface area contributed by atoms with Crippen molar-refractivity contribution in [3.05, 3.63) is 29.8 Å². The molecule has 0 spiro atoms. The molecule has 0 aliphatic rings. The van der Waals surface area contributed by atoms with Gasteiger partial charge in [-0.15, -0.1) is 12.4 Å². The van der Waals surface area contributed by atoms with Gasteiger partial charge in [-0.3, -0.25) is 4.79 Å². The van der Waals surface area contributed by atoms with Crippen LogP contribution >= 0.6 is 12.4 Å². The third kappa shape index (κ3) is 7.24. The van der Waals surface area contributed by atoms with E-state index in [-0.39, 0.29) is 18.0 Å². The monoisotopic (exact) mass is 322 g/mol. The molecule has 0 unspecified atom stereocenters. The number of amides is 1. The topological polar surface area (TPSA) is 64.3 Å². The van der Waals surface area contributed by atoms with Gasteiger partial charge in [0.2, 0.25) is 0 Å². The van der Waals surface area contributed by atoms with Crippen LogP contribution in [-0.2, 0) is 0 Å². The van der Waals surface area contributed by atoms with E-state index in [4.69, 9.17) is 10.5 Å². The van der Waals surface area contributed by atoms with Crippen molar-refractivity contribution in [1.82, 2.24) is 5.32 Å². The summed E-state index contributed by atoms with van der Waals surface area (Å²) in [5.74, 6) is -2.78. The molecule has 0 heterocycles. The number of benzene rings is 1. The predicted molar refractivity (Wildman–Crippen MR) is 80.4 cm³/mol. The lowest BCUT2D eigenvalue weighted by Crippen LogP contribution is -2.41. The molecule has 0 saturated carbocycles. The number of alkyl halides is 2. The first-order valence-corrected chi connectivity index (χ1v) is 6.43. The Bertz CT molecular complexity index is 456. The molecule has 0 atom stereocenters. The third-order valence-corrected chi connectivity index (χ3v) is 2.49. The Morgan fingerprint density at radius 2 is 2.10 bits per heavy atom. The number of carbonyl (C=O) groups is 1. The largest absolute Gasteiger partial charge is 0.493 e. The van der Waals surface area contributed by atoms with Crippen LogP contribution in [0.2, 0.25) is 0 Å². The van der Waals surface area contributed by atoms with Gasteiger partial charge in [0, 0.05) is 5.56 Å². The third-order valence-electron chi connectivity index (χ3n) is 2.49. The van der Waals surface area contributed by atoms with Crippen molar-refractivity contribution in [3.8, 4) is 5.75 Å². The highest BCUT2D eigenvalue weighted by Crippen LogP contribution is 2.15. The van der Waals surface area contributed by atoms with Crippen molar-refractivity contribution in [2.24, 2.45) is 11.7 Å². The van der Waals surface area contributed by atoms with Crippen molar-refractivity contribution in [2.75, 3.05) is 19.7 Å². The molecular weight excluding hydrogens is 302 g/mol. The Balaban J connectivity index is 0.00000400. The zero-order valence-corrected chi connectivity index (χ0v) is 12.9. The minimum Gasteiger partial charge on any atom is -0.493 e. The second-order valence-corrected chi connectivity index (χ2v) is 4.98. The number of hydrogen-bond acceptors (Lipinski definition) is 3. The van der Waals surface area contributed by atoms with Gasteiger partial charge in [0.25, 0.3) is 11.8 Å². The fraction of sp³-hybridized carbons (Fsp3) is 0.500. The molecule has 3 N–H and O–H groups in total. The maximum atomic E-state index is 13.0. The van der Waals surface area contributed by atoms with Crippen LogP contribution in [0.4, 0.5) is 8.78 Å². The summed E-state index contributed by atoms with van der Waals surface area (Å²) in [7, 11) is 0. The van der Waals surface area contributed by atoms with Crippen LogP contribution in [0.15, 0.2) is 24.3 Å². The van der Waals surface area contributed by atoms with E-state index in [2.05, 4.69) is 5.32 Å². The van der Waals surface area contributed by atoms with Crippen molar-refractivity contribution < 1.29 is 18.3 Å². The summed E-state index contributed by atoms with van der Waals surface area (Å²) in [5, 5.41) is 2.16. The van der Waals surface area contributed by atoms with Crippen molar-refractivity contribution in [1.29, 1.82) is 0 Å². The number of carbonyl (C=O) groups excluding carboxylic acids is 1. The maximum absolute atomic E-state index is 13.0. The normalized spacial score (nSPS) is 11.0. The highest BCUT2D eigenvalue weighted by atomic mass is 35.5. The number of nitrogens with one attached hydrogen (secondary N) is 1. The van der Waals surface area contributed by atoms with Crippen LogP contribution in [0.1, 0.15) is 24.2 Å². The predicted octanol–water partition coefficient (Wildman–Crippen LogP) is 2.47. The van der Waals surface area contributed by atoms with Gasteiger partial charge in [0.05, 0.1) is 19.7 Å². The van der Waals surface area contributed by atoms with E-state index in [0.29, 0.717) is 18.3 Å². The Morgan fingerprint density at radius 1 is 1.43 bits per heavy atom. The average molecular weight is 323 g/mol. The SMILES string of the molecule is CC(C)COc1cccc(C(=O)NCC(F)(F)CN)c1.Cl. The summed E-state index contributed by atoms with van der Waals surface area (Å²) in [4.78, 5) is 11.8. The van der Waals surface area contributed by atoms with Crippen LogP contribution < -0.4 is 15.8 Å². The molecule has 21 heavy (non-hydrogen) atoms. The van der Waals surface area contributed by atoms with E-state index in [1.807, 2.05) is 13.8 Å². The molecule has 0 radical (unpaired) electrons. The van der Waals surface area contributed by atoms with Crippen molar-refractivity contribution in [2.45, 2.75) is 19.8 Å². The second-order valence-electron chi connectivity index (χ2n) is 4.98.